The maximum absolute atomic E-state index is 13.1. The second kappa shape index (κ2) is 7.76. The van der Waals surface area contributed by atoms with Crippen LogP contribution >= 0.6 is 11.8 Å². The second-order valence-corrected chi connectivity index (χ2v) is 9.34. The first-order valence-electron chi connectivity index (χ1n) is 9.72. The van der Waals surface area contributed by atoms with Crippen molar-refractivity contribution in [2.24, 2.45) is 0 Å². The molecular weight excluding hydrogens is 434 g/mol. The molecule has 1 aliphatic rings. The number of nitro benzene ring substituents is 1. The Labute approximate surface area is 186 Å². The lowest BCUT2D eigenvalue weighted by Crippen LogP contribution is -2.29. The molecule has 0 bridgehead atoms. The van der Waals surface area contributed by atoms with E-state index in [2.05, 4.69) is 15.4 Å². The first-order valence-corrected chi connectivity index (χ1v) is 10.7. The Morgan fingerprint density at radius 1 is 1.44 bits per heavy atom. The molecule has 32 heavy (non-hydrogen) atoms. The van der Waals surface area contributed by atoms with Crippen LogP contribution in [0.5, 0.6) is 0 Å². The number of aromatic nitrogens is 4. The number of rotatable bonds is 4. The molecule has 1 unspecified atom stereocenters. The van der Waals surface area contributed by atoms with Crippen molar-refractivity contribution in [1.29, 1.82) is 5.26 Å². The van der Waals surface area contributed by atoms with Gasteiger partial charge in [-0.05, 0) is 26.8 Å². The van der Waals surface area contributed by atoms with Gasteiger partial charge in [-0.2, -0.15) is 10.4 Å². The lowest BCUT2D eigenvalue weighted by molar-refractivity contribution is -0.384. The number of non-ortho nitro benzene ring substituents is 1. The molecular formula is C20H19N7O4S. The van der Waals surface area contributed by atoms with Crippen molar-refractivity contribution < 1.29 is 9.72 Å². The molecule has 12 heteroatoms. The van der Waals surface area contributed by atoms with Gasteiger partial charge in [-0.1, -0.05) is 11.8 Å². The maximum atomic E-state index is 13.1. The monoisotopic (exact) mass is 453 g/mol. The van der Waals surface area contributed by atoms with Crippen LogP contribution in [-0.4, -0.2) is 35.9 Å². The second-order valence-electron chi connectivity index (χ2n) is 8.35. The lowest BCUT2D eigenvalue weighted by atomic mass is 10.1. The van der Waals surface area contributed by atoms with Gasteiger partial charge in [-0.25, -0.2) is 9.67 Å². The molecule has 3 aromatic rings. The number of nitriles is 1. The van der Waals surface area contributed by atoms with Crippen LogP contribution in [-0.2, 0) is 10.3 Å². The Bertz CT molecular complexity index is 1360. The van der Waals surface area contributed by atoms with Crippen molar-refractivity contribution in [1.82, 2.24) is 19.3 Å². The minimum atomic E-state index is -0.610. The summed E-state index contributed by atoms with van der Waals surface area (Å²) in [7, 11) is 0. The van der Waals surface area contributed by atoms with Crippen molar-refractivity contribution in [2.75, 3.05) is 11.1 Å². The number of thioether (sulfide) groups is 1. The van der Waals surface area contributed by atoms with Gasteiger partial charge in [0, 0.05) is 24.3 Å². The van der Waals surface area contributed by atoms with E-state index >= 15 is 0 Å². The van der Waals surface area contributed by atoms with E-state index in [1.165, 1.54) is 34.7 Å². The topological polar surface area (TPSA) is 149 Å². The van der Waals surface area contributed by atoms with Crippen LogP contribution in [0.4, 0.5) is 11.4 Å². The van der Waals surface area contributed by atoms with Crippen molar-refractivity contribution in [3.05, 3.63) is 50.4 Å². The standard InChI is InChI=1S/C20H19N7O4S/c1-20(2,3)26-17-14(9-22-26)18(29)25-13(10-32-19(25)24-17)7-16(28)23-15-5-4-12(27(30)31)6-11(15)8-21/h4-6,9,13H,7,10H2,1-3H3,(H,23,28). The number of nitro groups is 1. The van der Waals surface area contributed by atoms with Gasteiger partial charge in [0.2, 0.25) is 5.91 Å². The Hall–Kier alpha value is -3.72. The van der Waals surface area contributed by atoms with Gasteiger partial charge in [-0.3, -0.25) is 24.3 Å². The predicted octanol–water partition coefficient (Wildman–Crippen LogP) is 2.80. The fraction of sp³-hybridized carbons (Fsp3) is 0.350. The molecule has 0 saturated carbocycles. The van der Waals surface area contributed by atoms with E-state index in [0.717, 1.165) is 6.07 Å². The number of amides is 1. The highest BCUT2D eigenvalue weighted by Crippen LogP contribution is 2.34. The number of nitrogens with zero attached hydrogens (tertiary/aromatic N) is 6. The van der Waals surface area contributed by atoms with E-state index in [1.807, 2.05) is 26.8 Å². The molecule has 0 spiro atoms. The molecule has 0 saturated heterocycles. The number of carbonyl (C=O) groups is 1. The number of fused-ring (bicyclic) bond motifs is 2. The Balaban J connectivity index is 1.60. The molecule has 1 amide bonds. The van der Waals surface area contributed by atoms with Gasteiger partial charge in [0.1, 0.15) is 11.5 Å². The molecule has 3 heterocycles. The van der Waals surface area contributed by atoms with Crippen LogP contribution in [0.3, 0.4) is 0 Å². The fourth-order valence-corrected chi connectivity index (χ4v) is 4.66. The van der Waals surface area contributed by atoms with Crippen molar-refractivity contribution in [3.8, 4) is 6.07 Å². The predicted molar refractivity (Wildman–Crippen MR) is 118 cm³/mol. The zero-order valence-electron chi connectivity index (χ0n) is 17.5. The minimum absolute atomic E-state index is 0.0103. The van der Waals surface area contributed by atoms with E-state index < -0.39 is 16.9 Å². The number of anilines is 1. The fourth-order valence-electron chi connectivity index (χ4n) is 3.53. The molecule has 11 nitrogen and oxygen atoms in total. The first-order chi connectivity index (χ1) is 15.1. The summed E-state index contributed by atoms with van der Waals surface area (Å²) in [5, 5.41) is 28.0. The molecule has 1 aromatic carbocycles. The third kappa shape index (κ3) is 3.71. The van der Waals surface area contributed by atoms with Crippen LogP contribution in [0, 0.1) is 21.4 Å². The molecule has 1 aliphatic heterocycles. The van der Waals surface area contributed by atoms with Crippen LogP contribution in [0.15, 0.2) is 34.3 Å². The quantitative estimate of drug-likeness (QED) is 0.360. The summed E-state index contributed by atoms with van der Waals surface area (Å²) in [5.41, 5.74) is -0.151. The van der Waals surface area contributed by atoms with E-state index in [0.29, 0.717) is 21.9 Å². The summed E-state index contributed by atoms with van der Waals surface area (Å²) >= 11 is 1.39. The summed E-state index contributed by atoms with van der Waals surface area (Å²) in [6, 6.07) is 5.08. The van der Waals surface area contributed by atoms with Crippen LogP contribution in [0.2, 0.25) is 0 Å². The number of benzene rings is 1. The lowest BCUT2D eigenvalue weighted by Gasteiger charge is -2.20. The number of hydrogen-bond acceptors (Lipinski definition) is 8. The van der Waals surface area contributed by atoms with E-state index in [9.17, 15) is 25.0 Å². The Morgan fingerprint density at radius 3 is 2.84 bits per heavy atom. The zero-order chi connectivity index (χ0) is 23.2. The summed E-state index contributed by atoms with van der Waals surface area (Å²) in [4.78, 5) is 40.7. The SMILES string of the molecule is CC(C)(C)n1ncc2c(=O)n3c(nc21)SCC3CC(=O)Nc1ccc([N+](=O)[O-])cc1C#N. The van der Waals surface area contributed by atoms with Gasteiger partial charge in [0.25, 0.3) is 11.2 Å². The third-order valence-corrected chi connectivity index (χ3v) is 6.13. The average molecular weight is 453 g/mol. The van der Waals surface area contributed by atoms with Crippen molar-refractivity contribution >= 4 is 40.1 Å². The van der Waals surface area contributed by atoms with Crippen LogP contribution in [0.1, 0.15) is 38.8 Å². The highest BCUT2D eigenvalue weighted by atomic mass is 32.2. The van der Waals surface area contributed by atoms with Crippen LogP contribution < -0.4 is 10.9 Å². The Morgan fingerprint density at radius 2 is 2.19 bits per heavy atom. The molecule has 164 valence electrons. The summed E-state index contributed by atoms with van der Waals surface area (Å²) in [6.45, 7) is 5.92. The van der Waals surface area contributed by atoms with Gasteiger partial charge >= 0.3 is 0 Å². The molecule has 0 fully saturated rings. The molecule has 4 rings (SSSR count). The highest BCUT2D eigenvalue weighted by molar-refractivity contribution is 7.99. The molecule has 1 N–H and O–H groups in total. The molecule has 1 atom stereocenters. The molecule has 0 aliphatic carbocycles. The average Bonchev–Trinajstić information content (AvgIpc) is 3.33. The number of hydrogen-bond donors (Lipinski definition) is 1. The highest BCUT2D eigenvalue weighted by Gasteiger charge is 2.31. The minimum Gasteiger partial charge on any atom is -0.325 e. The first kappa shape index (κ1) is 21.5. The zero-order valence-corrected chi connectivity index (χ0v) is 18.3. The number of carbonyl (C=O) groups excluding carboxylic acids is 1. The summed E-state index contributed by atoms with van der Waals surface area (Å²) in [6.07, 6.45) is 1.49. The van der Waals surface area contributed by atoms with E-state index in [4.69, 9.17) is 0 Å². The molecule has 2 aromatic heterocycles. The molecule has 0 radical (unpaired) electrons. The van der Waals surface area contributed by atoms with Gasteiger partial charge in [0.15, 0.2) is 10.8 Å². The summed E-state index contributed by atoms with van der Waals surface area (Å²) in [5.74, 6) is 0.0857. The van der Waals surface area contributed by atoms with Crippen LogP contribution in [0.25, 0.3) is 11.0 Å². The van der Waals surface area contributed by atoms with Crippen molar-refractivity contribution in [3.63, 3.8) is 0 Å². The van der Waals surface area contributed by atoms with E-state index in [1.54, 1.807) is 4.68 Å². The third-order valence-electron chi connectivity index (χ3n) is 5.04. The van der Waals surface area contributed by atoms with Gasteiger partial charge < -0.3 is 5.32 Å². The smallest absolute Gasteiger partial charge is 0.270 e. The summed E-state index contributed by atoms with van der Waals surface area (Å²) < 4.78 is 3.23. The largest absolute Gasteiger partial charge is 0.325 e. The van der Waals surface area contributed by atoms with Gasteiger partial charge in [-0.15, -0.1) is 0 Å². The Kier molecular flexibility index (Phi) is 5.21. The van der Waals surface area contributed by atoms with Crippen molar-refractivity contribution in [2.45, 2.75) is 43.9 Å². The normalized spacial score (nSPS) is 15.4. The van der Waals surface area contributed by atoms with Gasteiger partial charge in [0.05, 0.1) is 34.0 Å². The number of nitrogens with one attached hydrogen (secondary N) is 1. The van der Waals surface area contributed by atoms with E-state index in [-0.39, 0.29) is 34.5 Å². The maximum Gasteiger partial charge on any atom is 0.270 e.